The van der Waals surface area contributed by atoms with Crippen molar-refractivity contribution in [3.63, 3.8) is 0 Å². The SMILES string of the molecule is Cl.FC(F)(F)c1ccccc1[C@@H](c1ccsc1)N1CCNCC1. The first-order valence-electron chi connectivity index (χ1n) is 7.20. The summed E-state index contributed by atoms with van der Waals surface area (Å²) >= 11 is 1.52. The predicted octanol–water partition coefficient (Wildman–Crippen LogP) is 4.18. The van der Waals surface area contributed by atoms with Crippen molar-refractivity contribution in [1.82, 2.24) is 10.2 Å². The Kier molecular flexibility index (Phi) is 6.08. The van der Waals surface area contributed by atoms with Gasteiger partial charge in [-0.05, 0) is 34.0 Å². The highest BCUT2D eigenvalue weighted by Gasteiger charge is 2.37. The second-order valence-electron chi connectivity index (χ2n) is 5.33. The van der Waals surface area contributed by atoms with Crippen molar-refractivity contribution in [3.05, 3.63) is 57.8 Å². The van der Waals surface area contributed by atoms with Gasteiger partial charge in [0.15, 0.2) is 0 Å². The highest BCUT2D eigenvalue weighted by atomic mass is 35.5. The summed E-state index contributed by atoms with van der Waals surface area (Å²) in [5, 5.41) is 7.11. The molecule has 0 amide bonds. The minimum absolute atomic E-state index is 0. The summed E-state index contributed by atoms with van der Waals surface area (Å²) < 4.78 is 40.2. The quantitative estimate of drug-likeness (QED) is 0.881. The number of hydrogen-bond donors (Lipinski definition) is 1. The molecule has 0 spiro atoms. The number of nitrogens with zero attached hydrogens (tertiary/aromatic N) is 1. The summed E-state index contributed by atoms with van der Waals surface area (Å²) in [6, 6.07) is 7.50. The van der Waals surface area contributed by atoms with E-state index in [1.54, 1.807) is 12.1 Å². The molecule has 0 bridgehead atoms. The van der Waals surface area contributed by atoms with Crippen LogP contribution in [-0.2, 0) is 6.18 Å². The van der Waals surface area contributed by atoms with Crippen molar-refractivity contribution in [3.8, 4) is 0 Å². The molecule has 0 saturated carbocycles. The lowest BCUT2D eigenvalue weighted by atomic mass is 9.94. The molecule has 7 heteroatoms. The van der Waals surface area contributed by atoms with E-state index in [4.69, 9.17) is 0 Å². The third kappa shape index (κ3) is 4.07. The van der Waals surface area contributed by atoms with E-state index in [-0.39, 0.29) is 18.4 Å². The average molecular weight is 363 g/mol. The number of hydrogen-bond acceptors (Lipinski definition) is 3. The molecule has 0 unspecified atom stereocenters. The molecule has 2 aromatic rings. The molecule has 1 aliphatic rings. The van der Waals surface area contributed by atoms with E-state index in [1.165, 1.54) is 23.5 Å². The van der Waals surface area contributed by atoms with Crippen LogP contribution in [0.15, 0.2) is 41.1 Å². The van der Waals surface area contributed by atoms with Crippen molar-refractivity contribution < 1.29 is 13.2 Å². The molecule has 1 saturated heterocycles. The molecule has 23 heavy (non-hydrogen) atoms. The molecule has 1 atom stereocenters. The Morgan fingerprint density at radius 1 is 1.09 bits per heavy atom. The Balaban J connectivity index is 0.00000192. The first-order valence-corrected chi connectivity index (χ1v) is 8.14. The molecule has 2 nitrogen and oxygen atoms in total. The summed E-state index contributed by atoms with van der Waals surface area (Å²) in [7, 11) is 0. The third-order valence-corrected chi connectivity index (χ3v) is 4.64. The molecular weight excluding hydrogens is 345 g/mol. The van der Waals surface area contributed by atoms with Crippen molar-refractivity contribution in [2.45, 2.75) is 12.2 Å². The van der Waals surface area contributed by atoms with Crippen LogP contribution < -0.4 is 5.32 Å². The van der Waals surface area contributed by atoms with E-state index in [1.807, 2.05) is 16.8 Å². The zero-order valence-electron chi connectivity index (χ0n) is 12.3. The van der Waals surface area contributed by atoms with Crippen LogP contribution >= 0.6 is 23.7 Å². The summed E-state index contributed by atoms with van der Waals surface area (Å²) in [6.07, 6.45) is -4.33. The molecule has 1 fully saturated rings. The third-order valence-electron chi connectivity index (χ3n) is 3.94. The Hall–Kier alpha value is -1.08. The highest BCUT2D eigenvalue weighted by molar-refractivity contribution is 7.08. The van der Waals surface area contributed by atoms with Crippen molar-refractivity contribution in [1.29, 1.82) is 0 Å². The minimum Gasteiger partial charge on any atom is -0.314 e. The van der Waals surface area contributed by atoms with Gasteiger partial charge in [0, 0.05) is 26.2 Å². The van der Waals surface area contributed by atoms with Crippen LogP contribution in [0.2, 0.25) is 0 Å². The van der Waals surface area contributed by atoms with Crippen LogP contribution in [0.25, 0.3) is 0 Å². The maximum atomic E-state index is 13.4. The Labute approximate surface area is 143 Å². The number of benzene rings is 1. The minimum atomic E-state index is -4.33. The van der Waals surface area contributed by atoms with Gasteiger partial charge < -0.3 is 5.32 Å². The van der Waals surface area contributed by atoms with Crippen molar-refractivity contribution >= 4 is 23.7 Å². The van der Waals surface area contributed by atoms with Gasteiger partial charge in [-0.2, -0.15) is 24.5 Å². The van der Waals surface area contributed by atoms with Gasteiger partial charge in [0.1, 0.15) is 0 Å². The van der Waals surface area contributed by atoms with Crippen molar-refractivity contribution in [2.24, 2.45) is 0 Å². The van der Waals surface area contributed by atoms with Crippen LogP contribution in [0.4, 0.5) is 13.2 Å². The van der Waals surface area contributed by atoms with Gasteiger partial charge in [-0.15, -0.1) is 12.4 Å². The Bertz CT molecular complexity index is 610. The van der Waals surface area contributed by atoms with Gasteiger partial charge in [-0.3, -0.25) is 4.90 Å². The van der Waals surface area contributed by atoms with Crippen LogP contribution in [0, 0.1) is 0 Å². The van der Waals surface area contributed by atoms with Gasteiger partial charge >= 0.3 is 6.18 Å². The molecule has 0 aliphatic carbocycles. The largest absolute Gasteiger partial charge is 0.416 e. The number of piperazine rings is 1. The van der Waals surface area contributed by atoms with Gasteiger partial charge in [0.25, 0.3) is 0 Å². The Morgan fingerprint density at radius 3 is 2.39 bits per heavy atom. The fraction of sp³-hybridized carbons (Fsp3) is 0.375. The molecule has 1 aliphatic heterocycles. The zero-order chi connectivity index (χ0) is 15.6. The second kappa shape index (κ2) is 7.66. The summed E-state index contributed by atoms with van der Waals surface area (Å²) in [5.41, 5.74) is 0.739. The summed E-state index contributed by atoms with van der Waals surface area (Å²) in [6.45, 7) is 3.09. The second-order valence-corrected chi connectivity index (χ2v) is 6.11. The average Bonchev–Trinajstić information content (AvgIpc) is 3.02. The molecule has 1 N–H and O–H groups in total. The van der Waals surface area contributed by atoms with Crippen LogP contribution in [0.3, 0.4) is 0 Å². The fourth-order valence-electron chi connectivity index (χ4n) is 2.95. The fourth-order valence-corrected chi connectivity index (χ4v) is 3.63. The van der Waals surface area contributed by atoms with E-state index >= 15 is 0 Å². The van der Waals surface area contributed by atoms with E-state index in [2.05, 4.69) is 10.2 Å². The Morgan fingerprint density at radius 2 is 1.78 bits per heavy atom. The maximum Gasteiger partial charge on any atom is 0.416 e. The highest BCUT2D eigenvalue weighted by Crippen LogP contribution is 2.39. The molecule has 3 rings (SSSR count). The normalized spacial score (nSPS) is 17.5. The number of alkyl halides is 3. The summed E-state index contributed by atoms with van der Waals surface area (Å²) in [4.78, 5) is 2.13. The first-order chi connectivity index (χ1) is 10.6. The van der Waals surface area contributed by atoms with E-state index < -0.39 is 11.7 Å². The number of thiophene rings is 1. The molecular formula is C16H18ClF3N2S. The van der Waals surface area contributed by atoms with E-state index in [9.17, 15) is 13.2 Å². The topological polar surface area (TPSA) is 15.3 Å². The maximum absolute atomic E-state index is 13.4. The summed E-state index contributed by atoms with van der Waals surface area (Å²) in [5.74, 6) is 0. The van der Waals surface area contributed by atoms with Gasteiger partial charge in [0.05, 0.1) is 11.6 Å². The van der Waals surface area contributed by atoms with E-state index in [0.29, 0.717) is 5.56 Å². The lowest BCUT2D eigenvalue weighted by Crippen LogP contribution is -2.45. The molecule has 1 aromatic carbocycles. The smallest absolute Gasteiger partial charge is 0.314 e. The monoisotopic (exact) mass is 362 g/mol. The standard InChI is InChI=1S/C16H17F3N2S.ClH/c17-16(18,19)14-4-2-1-3-13(14)15(12-5-10-22-11-12)21-8-6-20-7-9-21;/h1-5,10-11,15,20H,6-9H2;1H/t15-;/m1./s1. The van der Waals surface area contributed by atoms with Crippen LogP contribution in [-0.4, -0.2) is 31.1 Å². The molecule has 1 aromatic heterocycles. The van der Waals surface area contributed by atoms with Crippen molar-refractivity contribution in [2.75, 3.05) is 26.2 Å². The number of halogens is 4. The van der Waals surface area contributed by atoms with E-state index in [0.717, 1.165) is 31.7 Å². The zero-order valence-corrected chi connectivity index (χ0v) is 14.0. The molecule has 0 radical (unpaired) electrons. The first kappa shape index (κ1) is 18.3. The molecule has 2 heterocycles. The van der Waals surface area contributed by atoms with Crippen LogP contribution in [0.5, 0.6) is 0 Å². The lowest BCUT2D eigenvalue weighted by Gasteiger charge is -2.36. The van der Waals surface area contributed by atoms with Gasteiger partial charge in [0.2, 0.25) is 0 Å². The number of rotatable bonds is 3. The number of nitrogens with one attached hydrogen (secondary N) is 1. The lowest BCUT2D eigenvalue weighted by molar-refractivity contribution is -0.138. The predicted molar refractivity (Wildman–Crippen MR) is 89.3 cm³/mol. The molecule has 126 valence electrons. The van der Waals surface area contributed by atoms with Gasteiger partial charge in [-0.1, -0.05) is 18.2 Å². The van der Waals surface area contributed by atoms with Gasteiger partial charge in [-0.25, -0.2) is 0 Å². The van der Waals surface area contributed by atoms with Crippen LogP contribution in [0.1, 0.15) is 22.7 Å².